The first-order chi connectivity index (χ1) is 10.6. The fourth-order valence-electron chi connectivity index (χ4n) is 2.18. The predicted octanol–water partition coefficient (Wildman–Crippen LogP) is 2.88. The second kappa shape index (κ2) is 7.93. The third kappa shape index (κ3) is 5.01. The van der Waals surface area contributed by atoms with Crippen LogP contribution in [0, 0.1) is 10.1 Å². The zero-order valence-corrected chi connectivity index (χ0v) is 12.2. The maximum atomic E-state index is 12.3. The van der Waals surface area contributed by atoms with E-state index >= 15 is 0 Å². The van der Waals surface area contributed by atoms with Crippen LogP contribution in [0.1, 0.15) is 17.5 Å². The van der Waals surface area contributed by atoms with Crippen LogP contribution in [0.5, 0.6) is 0 Å². The van der Waals surface area contributed by atoms with Crippen molar-refractivity contribution in [3.63, 3.8) is 0 Å². The molecule has 0 heterocycles. The third-order valence-corrected chi connectivity index (χ3v) is 3.29. The van der Waals surface area contributed by atoms with Gasteiger partial charge in [0.2, 0.25) is 12.5 Å². The van der Waals surface area contributed by atoms with Gasteiger partial charge in [0.1, 0.15) is 0 Å². The minimum Gasteiger partial charge on any atom is -0.334 e. The van der Waals surface area contributed by atoms with Gasteiger partial charge in [-0.2, -0.15) is 0 Å². The van der Waals surface area contributed by atoms with E-state index < -0.39 is 4.92 Å². The molecular weight excluding hydrogens is 280 g/mol. The summed E-state index contributed by atoms with van der Waals surface area (Å²) in [5.41, 5.74) is 2.01. The molecule has 114 valence electrons. The van der Waals surface area contributed by atoms with Crippen LogP contribution in [0.4, 0.5) is 0 Å². The zero-order chi connectivity index (χ0) is 15.8. The van der Waals surface area contributed by atoms with Crippen molar-refractivity contribution in [1.29, 1.82) is 0 Å². The van der Waals surface area contributed by atoms with Gasteiger partial charge in [0.15, 0.2) is 0 Å². The van der Waals surface area contributed by atoms with Gasteiger partial charge in [-0.15, -0.1) is 0 Å². The molecule has 2 rings (SSSR count). The SMILES string of the molecule is O=C(CC[N+](=O)[O-])N(Cc1ccccc1)Cc1ccccc1. The first-order valence-corrected chi connectivity index (χ1v) is 7.12. The summed E-state index contributed by atoms with van der Waals surface area (Å²) in [6, 6.07) is 19.3. The van der Waals surface area contributed by atoms with Crippen LogP contribution in [0.3, 0.4) is 0 Å². The van der Waals surface area contributed by atoms with Gasteiger partial charge in [-0.3, -0.25) is 14.9 Å². The van der Waals surface area contributed by atoms with Crippen LogP contribution < -0.4 is 0 Å². The molecule has 5 nitrogen and oxygen atoms in total. The Labute approximate surface area is 129 Å². The Balaban J connectivity index is 2.09. The van der Waals surface area contributed by atoms with Crippen molar-refractivity contribution >= 4 is 5.91 Å². The van der Waals surface area contributed by atoms with E-state index in [0.29, 0.717) is 13.1 Å². The molecule has 0 fully saturated rings. The number of hydrogen-bond donors (Lipinski definition) is 0. The van der Waals surface area contributed by atoms with Gasteiger partial charge in [0.05, 0.1) is 6.42 Å². The monoisotopic (exact) mass is 298 g/mol. The molecular formula is C17H18N2O3. The summed E-state index contributed by atoms with van der Waals surface area (Å²) in [6.45, 7) is 0.567. The molecule has 0 aliphatic heterocycles. The Hall–Kier alpha value is -2.69. The highest BCUT2D eigenvalue weighted by molar-refractivity contribution is 5.76. The summed E-state index contributed by atoms with van der Waals surface area (Å²) in [6.07, 6.45) is -0.0767. The largest absolute Gasteiger partial charge is 0.334 e. The van der Waals surface area contributed by atoms with Crippen LogP contribution in [0.2, 0.25) is 0 Å². The highest BCUT2D eigenvalue weighted by atomic mass is 16.6. The quantitative estimate of drug-likeness (QED) is 0.583. The van der Waals surface area contributed by atoms with E-state index in [9.17, 15) is 14.9 Å². The van der Waals surface area contributed by atoms with Crippen LogP contribution in [0.15, 0.2) is 60.7 Å². The Bertz CT molecular complexity index is 573. The molecule has 1 amide bonds. The van der Waals surface area contributed by atoms with Crippen molar-refractivity contribution in [1.82, 2.24) is 4.90 Å². The van der Waals surface area contributed by atoms with Gasteiger partial charge in [-0.25, -0.2) is 0 Å². The minimum atomic E-state index is -0.457. The smallest absolute Gasteiger partial charge is 0.229 e. The van der Waals surface area contributed by atoms with Gasteiger partial charge in [-0.1, -0.05) is 60.7 Å². The second-order valence-corrected chi connectivity index (χ2v) is 5.03. The standard InChI is InChI=1S/C17H18N2O3/c20-17(11-12-19(21)22)18(13-15-7-3-1-4-8-15)14-16-9-5-2-6-10-16/h1-10H,11-14H2. The molecule has 0 unspecified atom stereocenters. The molecule has 0 aliphatic carbocycles. The van der Waals surface area contributed by atoms with Crippen LogP contribution in [-0.4, -0.2) is 22.3 Å². The van der Waals surface area contributed by atoms with Gasteiger partial charge in [0, 0.05) is 18.0 Å². The topological polar surface area (TPSA) is 63.4 Å². The molecule has 5 heteroatoms. The summed E-state index contributed by atoms with van der Waals surface area (Å²) < 4.78 is 0. The molecule has 0 bridgehead atoms. The lowest BCUT2D eigenvalue weighted by atomic mass is 10.1. The summed E-state index contributed by atoms with van der Waals surface area (Å²) in [5.74, 6) is -0.204. The van der Waals surface area contributed by atoms with Crippen molar-refractivity contribution < 1.29 is 9.72 Å². The minimum absolute atomic E-state index is 0.0767. The van der Waals surface area contributed by atoms with E-state index in [1.807, 2.05) is 60.7 Å². The number of amides is 1. The lowest BCUT2D eigenvalue weighted by molar-refractivity contribution is -0.478. The van der Waals surface area contributed by atoms with Crippen molar-refractivity contribution in [2.45, 2.75) is 19.5 Å². The summed E-state index contributed by atoms with van der Waals surface area (Å²) in [4.78, 5) is 24.0. The molecule has 22 heavy (non-hydrogen) atoms. The van der Waals surface area contributed by atoms with Crippen LogP contribution in [-0.2, 0) is 17.9 Å². The molecule has 2 aromatic carbocycles. The zero-order valence-electron chi connectivity index (χ0n) is 12.2. The molecule has 0 radical (unpaired) electrons. The third-order valence-electron chi connectivity index (χ3n) is 3.29. The van der Waals surface area contributed by atoms with Crippen LogP contribution in [0.25, 0.3) is 0 Å². The van der Waals surface area contributed by atoms with Gasteiger partial charge >= 0.3 is 0 Å². The van der Waals surface area contributed by atoms with Gasteiger partial charge in [-0.05, 0) is 11.1 Å². The number of hydrogen-bond acceptors (Lipinski definition) is 3. The van der Waals surface area contributed by atoms with Crippen molar-refractivity contribution in [3.05, 3.63) is 81.9 Å². The van der Waals surface area contributed by atoms with Crippen molar-refractivity contribution in [2.75, 3.05) is 6.54 Å². The molecule has 0 N–H and O–H groups in total. The highest BCUT2D eigenvalue weighted by Gasteiger charge is 2.16. The summed E-state index contributed by atoms with van der Waals surface area (Å²) >= 11 is 0. The van der Waals surface area contributed by atoms with E-state index in [1.165, 1.54) is 0 Å². The molecule has 0 atom stereocenters. The van der Waals surface area contributed by atoms with E-state index in [0.717, 1.165) is 11.1 Å². The van der Waals surface area contributed by atoms with E-state index in [-0.39, 0.29) is 18.9 Å². The Morgan fingerprint density at radius 1 is 0.909 bits per heavy atom. The first-order valence-electron chi connectivity index (χ1n) is 7.12. The average molecular weight is 298 g/mol. The second-order valence-electron chi connectivity index (χ2n) is 5.03. The fourth-order valence-corrected chi connectivity index (χ4v) is 2.18. The number of nitrogens with zero attached hydrogens (tertiary/aromatic N) is 2. The van der Waals surface area contributed by atoms with E-state index in [4.69, 9.17) is 0 Å². The van der Waals surface area contributed by atoms with E-state index in [2.05, 4.69) is 0 Å². The Kier molecular flexibility index (Phi) is 5.65. The maximum Gasteiger partial charge on any atom is 0.229 e. The van der Waals surface area contributed by atoms with Gasteiger partial charge < -0.3 is 4.90 Å². The number of rotatable bonds is 7. The maximum absolute atomic E-state index is 12.3. The lowest BCUT2D eigenvalue weighted by Gasteiger charge is -2.22. The number of nitro groups is 1. The molecule has 0 spiro atoms. The highest BCUT2D eigenvalue weighted by Crippen LogP contribution is 2.11. The number of carbonyl (C=O) groups excluding carboxylic acids is 1. The van der Waals surface area contributed by atoms with Crippen molar-refractivity contribution in [2.24, 2.45) is 0 Å². The number of carbonyl (C=O) groups is 1. The molecule has 0 aliphatic rings. The van der Waals surface area contributed by atoms with Crippen molar-refractivity contribution in [3.8, 4) is 0 Å². The normalized spacial score (nSPS) is 10.2. The molecule has 0 aromatic heterocycles. The fraction of sp³-hybridized carbons (Fsp3) is 0.235. The van der Waals surface area contributed by atoms with E-state index in [1.54, 1.807) is 4.90 Å². The Morgan fingerprint density at radius 3 is 1.77 bits per heavy atom. The van der Waals surface area contributed by atoms with Crippen LogP contribution >= 0.6 is 0 Å². The summed E-state index contributed by atoms with van der Waals surface area (Å²) in [5, 5.41) is 10.5. The summed E-state index contributed by atoms with van der Waals surface area (Å²) in [7, 11) is 0. The Morgan fingerprint density at radius 2 is 1.36 bits per heavy atom. The van der Waals surface area contributed by atoms with Gasteiger partial charge in [0.25, 0.3) is 0 Å². The molecule has 0 saturated carbocycles. The first kappa shape index (κ1) is 15.7. The molecule has 2 aromatic rings. The lowest BCUT2D eigenvalue weighted by Crippen LogP contribution is -2.31. The average Bonchev–Trinajstić information content (AvgIpc) is 2.54. The molecule has 0 saturated heterocycles. The number of benzene rings is 2. The predicted molar refractivity (Wildman–Crippen MR) is 83.6 cm³/mol.